The van der Waals surface area contributed by atoms with Crippen LogP contribution in [0, 0.1) is 5.41 Å². The van der Waals surface area contributed by atoms with E-state index in [1.165, 1.54) is 17.7 Å². The first-order valence-electron chi connectivity index (χ1n) is 6.57. The third-order valence-corrected chi connectivity index (χ3v) is 4.31. The van der Waals surface area contributed by atoms with Crippen molar-refractivity contribution in [3.8, 4) is 11.3 Å². The van der Waals surface area contributed by atoms with Crippen LogP contribution >= 0.6 is 15.9 Å². The zero-order valence-corrected chi connectivity index (χ0v) is 12.8. The average molecular weight is 320 g/mol. The van der Waals surface area contributed by atoms with Crippen molar-refractivity contribution >= 4 is 21.6 Å². The van der Waals surface area contributed by atoms with Crippen molar-refractivity contribution in [2.45, 2.75) is 33.1 Å². The standard InChI is InChI=1S/C15H18BrN3/c1-15(2)4-3-12-13(8-15)18-19-14(12)9-5-10(16)7-11(17)6-9/h5-7H,3-4,8,17H2,1-2H3,(H,18,19). The molecule has 1 aromatic carbocycles. The highest BCUT2D eigenvalue weighted by atomic mass is 79.9. The molecular formula is C15H18BrN3. The van der Waals surface area contributed by atoms with Crippen molar-refractivity contribution in [3.63, 3.8) is 0 Å². The highest BCUT2D eigenvalue weighted by Gasteiger charge is 2.29. The number of hydrogen-bond donors (Lipinski definition) is 2. The minimum absolute atomic E-state index is 0.368. The van der Waals surface area contributed by atoms with Crippen LogP contribution in [0.2, 0.25) is 0 Å². The molecule has 100 valence electrons. The van der Waals surface area contributed by atoms with Crippen molar-refractivity contribution < 1.29 is 0 Å². The van der Waals surface area contributed by atoms with E-state index in [2.05, 4.69) is 46.0 Å². The topological polar surface area (TPSA) is 54.7 Å². The van der Waals surface area contributed by atoms with E-state index in [9.17, 15) is 0 Å². The number of benzene rings is 1. The van der Waals surface area contributed by atoms with E-state index in [0.717, 1.165) is 34.3 Å². The van der Waals surface area contributed by atoms with Crippen LogP contribution in [0.15, 0.2) is 22.7 Å². The van der Waals surface area contributed by atoms with E-state index in [1.807, 2.05) is 12.1 Å². The third-order valence-electron chi connectivity index (χ3n) is 3.85. The van der Waals surface area contributed by atoms with Gasteiger partial charge in [0.15, 0.2) is 0 Å². The van der Waals surface area contributed by atoms with Crippen molar-refractivity contribution in [1.82, 2.24) is 10.2 Å². The van der Waals surface area contributed by atoms with Gasteiger partial charge in [0.25, 0.3) is 0 Å². The summed E-state index contributed by atoms with van der Waals surface area (Å²) in [7, 11) is 0. The zero-order chi connectivity index (χ0) is 13.6. The summed E-state index contributed by atoms with van der Waals surface area (Å²) >= 11 is 3.49. The molecule has 0 atom stereocenters. The van der Waals surface area contributed by atoms with Crippen LogP contribution in [0.1, 0.15) is 31.5 Å². The van der Waals surface area contributed by atoms with Crippen LogP contribution in [0.3, 0.4) is 0 Å². The van der Waals surface area contributed by atoms with Crippen LogP contribution in [0.4, 0.5) is 5.69 Å². The maximum atomic E-state index is 5.92. The van der Waals surface area contributed by atoms with E-state index >= 15 is 0 Å². The van der Waals surface area contributed by atoms with E-state index in [-0.39, 0.29) is 0 Å². The van der Waals surface area contributed by atoms with Gasteiger partial charge in [-0.25, -0.2) is 0 Å². The molecule has 0 saturated carbocycles. The van der Waals surface area contributed by atoms with E-state index < -0.39 is 0 Å². The predicted molar refractivity (Wildman–Crippen MR) is 81.9 cm³/mol. The molecular weight excluding hydrogens is 302 g/mol. The second-order valence-electron chi connectivity index (χ2n) is 6.14. The second-order valence-corrected chi connectivity index (χ2v) is 7.06. The van der Waals surface area contributed by atoms with Gasteiger partial charge in [-0.05, 0) is 42.9 Å². The van der Waals surface area contributed by atoms with Crippen LogP contribution in [-0.2, 0) is 12.8 Å². The molecule has 2 aromatic rings. The molecule has 4 heteroatoms. The maximum absolute atomic E-state index is 5.92. The quantitative estimate of drug-likeness (QED) is 0.782. The van der Waals surface area contributed by atoms with Gasteiger partial charge in [-0.3, -0.25) is 5.10 Å². The van der Waals surface area contributed by atoms with Gasteiger partial charge in [-0.15, -0.1) is 0 Å². The number of rotatable bonds is 1. The summed E-state index contributed by atoms with van der Waals surface area (Å²) in [6.45, 7) is 4.63. The molecule has 1 heterocycles. The molecule has 3 N–H and O–H groups in total. The lowest BCUT2D eigenvalue weighted by atomic mass is 9.76. The molecule has 3 nitrogen and oxygen atoms in total. The van der Waals surface area contributed by atoms with E-state index in [1.54, 1.807) is 0 Å². The van der Waals surface area contributed by atoms with Crippen LogP contribution in [0.25, 0.3) is 11.3 Å². The summed E-state index contributed by atoms with van der Waals surface area (Å²) in [6.07, 6.45) is 3.36. The predicted octanol–water partition coefficient (Wildman–Crippen LogP) is 3.94. The van der Waals surface area contributed by atoms with Gasteiger partial charge in [0, 0.05) is 27.0 Å². The van der Waals surface area contributed by atoms with Gasteiger partial charge in [-0.2, -0.15) is 5.10 Å². The van der Waals surface area contributed by atoms with Crippen LogP contribution in [0.5, 0.6) is 0 Å². The van der Waals surface area contributed by atoms with Crippen molar-refractivity contribution in [2.24, 2.45) is 5.41 Å². The number of aromatic amines is 1. The Hall–Kier alpha value is -1.29. The van der Waals surface area contributed by atoms with E-state index in [4.69, 9.17) is 5.73 Å². The van der Waals surface area contributed by atoms with Crippen molar-refractivity contribution in [2.75, 3.05) is 5.73 Å². The Morgan fingerprint density at radius 2 is 2.11 bits per heavy atom. The van der Waals surface area contributed by atoms with Crippen LogP contribution in [-0.4, -0.2) is 10.2 Å². The Balaban J connectivity index is 2.06. The maximum Gasteiger partial charge on any atom is 0.0956 e. The fourth-order valence-corrected chi connectivity index (χ4v) is 3.35. The largest absolute Gasteiger partial charge is 0.399 e. The summed E-state index contributed by atoms with van der Waals surface area (Å²) < 4.78 is 0.996. The third kappa shape index (κ3) is 2.41. The Labute approximate surface area is 121 Å². The van der Waals surface area contributed by atoms with E-state index in [0.29, 0.717) is 5.41 Å². The molecule has 0 saturated heterocycles. The number of nitrogens with zero attached hydrogens (tertiary/aromatic N) is 1. The van der Waals surface area contributed by atoms with Crippen molar-refractivity contribution in [3.05, 3.63) is 33.9 Å². The van der Waals surface area contributed by atoms with Gasteiger partial charge in [0.2, 0.25) is 0 Å². The number of nitrogens with one attached hydrogen (secondary N) is 1. The number of hydrogen-bond acceptors (Lipinski definition) is 2. The number of aromatic nitrogens is 2. The van der Waals surface area contributed by atoms with Gasteiger partial charge >= 0.3 is 0 Å². The molecule has 0 amide bonds. The molecule has 19 heavy (non-hydrogen) atoms. The Morgan fingerprint density at radius 3 is 2.84 bits per heavy atom. The van der Waals surface area contributed by atoms with Crippen LogP contribution < -0.4 is 5.73 Å². The lowest BCUT2D eigenvalue weighted by Gasteiger charge is -2.29. The van der Waals surface area contributed by atoms with Gasteiger partial charge in [0.05, 0.1) is 5.69 Å². The first-order valence-corrected chi connectivity index (χ1v) is 7.36. The molecule has 3 rings (SSSR count). The lowest BCUT2D eigenvalue weighted by molar-refractivity contribution is 0.312. The number of nitrogens with two attached hydrogens (primary N) is 1. The molecule has 1 aliphatic carbocycles. The van der Waals surface area contributed by atoms with Gasteiger partial charge in [-0.1, -0.05) is 29.8 Å². The fourth-order valence-electron chi connectivity index (χ4n) is 2.83. The van der Waals surface area contributed by atoms with Gasteiger partial charge < -0.3 is 5.73 Å². The lowest BCUT2D eigenvalue weighted by Crippen LogP contribution is -2.21. The molecule has 0 fully saturated rings. The first-order chi connectivity index (χ1) is 8.94. The summed E-state index contributed by atoms with van der Waals surface area (Å²) in [5, 5.41) is 7.73. The Morgan fingerprint density at radius 1 is 1.32 bits per heavy atom. The highest BCUT2D eigenvalue weighted by Crippen LogP contribution is 2.38. The molecule has 0 aliphatic heterocycles. The minimum Gasteiger partial charge on any atom is -0.399 e. The average Bonchev–Trinajstić information content (AvgIpc) is 2.68. The molecule has 0 radical (unpaired) electrons. The number of anilines is 1. The normalized spacial score (nSPS) is 17.2. The zero-order valence-electron chi connectivity index (χ0n) is 11.3. The minimum atomic E-state index is 0.368. The molecule has 0 bridgehead atoms. The number of nitrogen functional groups attached to an aromatic ring is 1. The molecule has 1 aliphatic rings. The number of fused-ring (bicyclic) bond motifs is 1. The monoisotopic (exact) mass is 319 g/mol. The summed E-state index contributed by atoms with van der Waals surface area (Å²) in [4.78, 5) is 0. The fraction of sp³-hybridized carbons (Fsp3) is 0.400. The molecule has 1 aromatic heterocycles. The number of halogens is 1. The summed E-state index contributed by atoms with van der Waals surface area (Å²) in [6, 6.07) is 5.97. The summed E-state index contributed by atoms with van der Waals surface area (Å²) in [5.74, 6) is 0. The smallest absolute Gasteiger partial charge is 0.0956 e. The molecule has 0 unspecified atom stereocenters. The molecule has 0 spiro atoms. The number of H-pyrrole nitrogens is 1. The Bertz CT molecular complexity index is 608. The highest BCUT2D eigenvalue weighted by molar-refractivity contribution is 9.10. The summed E-state index contributed by atoms with van der Waals surface area (Å²) in [5.41, 5.74) is 11.8. The van der Waals surface area contributed by atoms with Gasteiger partial charge in [0.1, 0.15) is 0 Å². The van der Waals surface area contributed by atoms with Crippen molar-refractivity contribution in [1.29, 1.82) is 0 Å². The first kappa shape index (κ1) is 12.7. The SMILES string of the molecule is CC1(C)CCc2c(-c3cc(N)cc(Br)c3)n[nH]c2C1. The second kappa shape index (κ2) is 4.37. The Kier molecular flexibility index (Phi) is 2.93.